The van der Waals surface area contributed by atoms with E-state index in [1.807, 2.05) is 0 Å². The zero-order chi connectivity index (χ0) is 7.98. The first-order valence-corrected chi connectivity index (χ1v) is 4.74. The van der Waals surface area contributed by atoms with Crippen LogP contribution >= 0.6 is 15.9 Å². The number of unbranched alkanes of at least 4 members (excludes halogenated alkanes) is 2. The highest BCUT2D eigenvalue weighted by atomic mass is 79.9. The van der Waals surface area contributed by atoms with Gasteiger partial charge >= 0.3 is 0 Å². The minimum atomic E-state index is 0.0963. The van der Waals surface area contributed by atoms with Crippen molar-refractivity contribution in [2.45, 2.75) is 44.4 Å². The van der Waals surface area contributed by atoms with E-state index in [1.54, 1.807) is 6.92 Å². The third-order valence-electron chi connectivity index (χ3n) is 1.50. The van der Waals surface area contributed by atoms with E-state index in [4.69, 9.17) is 0 Å². The van der Waals surface area contributed by atoms with Crippen molar-refractivity contribution in [2.75, 3.05) is 0 Å². The Morgan fingerprint density at radius 2 is 2.10 bits per heavy atom. The van der Waals surface area contributed by atoms with Gasteiger partial charge in [-0.1, -0.05) is 42.1 Å². The number of carbonyl (C=O) groups excluding carboxylic acids is 1. The smallest absolute Gasteiger partial charge is 0.143 e. The zero-order valence-electron chi connectivity index (χ0n) is 6.69. The molecule has 60 valence electrons. The molecule has 0 aliphatic carbocycles. The fourth-order valence-electron chi connectivity index (χ4n) is 0.777. The van der Waals surface area contributed by atoms with Gasteiger partial charge in [0.2, 0.25) is 0 Å². The minimum Gasteiger partial charge on any atom is -0.299 e. The Morgan fingerprint density at radius 1 is 1.50 bits per heavy atom. The number of halogens is 1. The maximum atomic E-state index is 10.7. The van der Waals surface area contributed by atoms with Gasteiger partial charge in [-0.25, -0.2) is 0 Å². The van der Waals surface area contributed by atoms with Crippen LogP contribution in [-0.2, 0) is 4.79 Å². The van der Waals surface area contributed by atoms with Crippen LogP contribution in [0.15, 0.2) is 0 Å². The molecule has 0 aromatic carbocycles. The third-order valence-corrected chi connectivity index (χ3v) is 2.60. The summed E-state index contributed by atoms with van der Waals surface area (Å²) in [6, 6.07) is 0. The number of alkyl halides is 1. The molecule has 0 rings (SSSR count). The van der Waals surface area contributed by atoms with Crippen LogP contribution in [-0.4, -0.2) is 10.6 Å². The summed E-state index contributed by atoms with van der Waals surface area (Å²) < 4.78 is 0. The summed E-state index contributed by atoms with van der Waals surface area (Å²) >= 11 is 3.32. The molecule has 0 heterocycles. The Morgan fingerprint density at radius 3 is 2.50 bits per heavy atom. The topological polar surface area (TPSA) is 17.1 Å². The van der Waals surface area contributed by atoms with Gasteiger partial charge in [-0.3, -0.25) is 4.79 Å². The molecule has 0 amide bonds. The van der Waals surface area contributed by atoms with Crippen LogP contribution in [0, 0.1) is 0 Å². The lowest BCUT2D eigenvalue weighted by atomic mass is 10.1. The molecule has 10 heavy (non-hydrogen) atoms. The van der Waals surface area contributed by atoms with Crippen molar-refractivity contribution in [3.63, 3.8) is 0 Å². The highest BCUT2D eigenvalue weighted by Gasteiger charge is 2.07. The van der Waals surface area contributed by atoms with Gasteiger partial charge in [-0.15, -0.1) is 0 Å². The summed E-state index contributed by atoms with van der Waals surface area (Å²) in [6.45, 7) is 3.79. The summed E-state index contributed by atoms with van der Waals surface area (Å²) in [7, 11) is 0. The van der Waals surface area contributed by atoms with Crippen LogP contribution in [0.1, 0.15) is 39.5 Å². The molecule has 2 heteroatoms. The molecule has 0 aromatic heterocycles. The molecule has 0 spiro atoms. The van der Waals surface area contributed by atoms with Gasteiger partial charge in [0.25, 0.3) is 0 Å². The second kappa shape index (κ2) is 5.90. The second-order valence-corrected chi connectivity index (χ2v) is 3.68. The lowest BCUT2D eigenvalue weighted by Gasteiger charge is -2.03. The van der Waals surface area contributed by atoms with E-state index in [-0.39, 0.29) is 10.6 Å². The molecule has 0 radical (unpaired) electrons. The van der Waals surface area contributed by atoms with Crippen LogP contribution in [0.4, 0.5) is 0 Å². The number of hydrogen-bond donors (Lipinski definition) is 0. The number of ketones is 1. The van der Waals surface area contributed by atoms with Crippen molar-refractivity contribution in [3.05, 3.63) is 0 Å². The van der Waals surface area contributed by atoms with Crippen molar-refractivity contribution in [2.24, 2.45) is 0 Å². The van der Waals surface area contributed by atoms with Gasteiger partial charge in [0.1, 0.15) is 5.78 Å². The SMILES string of the molecule is CCCCC[C@H](Br)C(C)=O. The molecular weight excluding hydrogens is 192 g/mol. The van der Waals surface area contributed by atoms with Crippen molar-refractivity contribution in [1.29, 1.82) is 0 Å². The lowest BCUT2D eigenvalue weighted by Crippen LogP contribution is -2.08. The first-order chi connectivity index (χ1) is 4.68. The third kappa shape index (κ3) is 4.98. The van der Waals surface area contributed by atoms with E-state index in [1.165, 1.54) is 12.8 Å². The lowest BCUT2D eigenvalue weighted by molar-refractivity contribution is -0.116. The molecule has 1 atom stereocenters. The van der Waals surface area contributed by atoms with E-state index in [9.17, 15) is 4.79 Å². The summed E-state index contributed by atoms with van der Waals surface area (Å²) in [5, 5.41) is 0. The Kier molecular flexibility index (Phi) is 5.99. The van der Waals surface area contributed by atoms with Crippen molar-refractivity contribution in [1.82, 2.24) is 0 Å². The van der Waals surface area contributed by atoms with E-state index in [0.29, 0.717) is 0 Å². The molecule has 0 unspecified atom stereocenters. The van der Waals surface area contributed by atoms with Gasteiger partial charge in [0.05, 0.1) is 4.83 Å². The predicted molar refractivity (Wildman–Crippen MR) is 47.5 cm³/mol. The van der Waals surface area contributed by atoms with Crippen LogP contribution in [0.2, 0.25) is 0 Å². The quantitative estimate of drug-likeness (QED) is 0.500. The van der Waals surface area contributed by atoms with E-state index >= 15 is 0 Å². The molecular formula is C8H15BrO. The van der Waals surface area contributed by atoms with Crippen molar-refractivity contribution >= 4 is 21.7 Å². The van der Waals surface area contributed by atoms with Crippen molar-refractivity contribution in [3.8, 4) is 0 Å². The molecule has 0 aromatic rings. The maximum absolute atomic E-state index is 10.7. The van der Waals surface area contributed by atoms with E-state index in [0.717, 1.165) is 12.8 Å². The molecule has 0 N–H and O–H groups in total. The molecule has 0 aliphatic rings. The maximum Gasteiger partial charge on any atom is 0.143 e. The van der Waals surface area contributed by atoms with Gasteiger partial charge < -0.3 is 0 Å². The molecule has 0 saturated carbocycles. The fraction of sp³-hybridized carbons (Fsp3) is 0.875. The zero-order valence-corrected chi connectivity index (χ0v) is 8.28. The molecule has 0 bridgehead atoms. The monoisotopic (exact) mass is 206 g/mol. The number of rotatable bonds is 5. The van der Waals surface area contributed by atoms with Crippen LogP contribution in [0.3, 0.4) is 0 Å². The Hall–Kier alpha value is 0.150. The van der Waals surface area contributed by atoms with E-state index < -0.39 is 0 Å². The Labute approximate surface area is 71.3 Å². The Bertz CT molecular complexity index is 101. The number of carbonyl (C=O) groups is 1. The largest absolute Gasteiger partial charge is 0.299 e. The first-order valence-electron chi connectivity index (χ1n) is 3.83. The highest BCUT2D eigenvalue weighted by Crippen LogP contribution is 2.11. The predicted octanol–water partition coefficient (Wildman–Crippen LogP) is 2.92. The van der Waals surface area contributed by atoms with Gasteiger partial charge in [-0.2, -0.15) is 0 Å². The summed E-state index contributed by atoms with van der Waals surface area (Å²) in [6.07, 6.45) is 4.60. The van der Waals surface area contributed by atoms with Crippen LogP contribution in [0.5, 0.6) is 0 Å². The second-order valence-electron chi connectivity index (χ2n) is 2.57. The summed E-state index contributed by atoms with van der Waals surface area (Å²) in [5.74, 6) is 0.246. The normalized spacial score (nSPS) is 13.1. The first kappa shape index (κ1) is 10.2. The highest BCUT2D eigenvalue weighted by molar-refractivity contribution is 9.10. The Balaban J connectivity index is 3.21. The standard InChI is InChI=1S/C8H15BrO/c1-3-4-5-6-8(9)7(2)10/h8H,3-6H2,1-2H3/t8-/m0/s1. The fourth-order valence-corrected chi connectivity index (χ4v) is 1.10. The number of Topliss-reactive ketones (excluding diaryl/α,β-unsaturated/α-hetero) is 1. The summed E-state index contributed by atoms with van der Waals surface area (Å²) in [4.78, 5) is 10.8. The average molecular weight is 207 g/mol. The van der Waals surface area contributed by atoms with Crippen molar-refractivity contribution < 1.29 is 4.79 Å². The molecule has 0 fully saturated rings. The minimum absolute atomic E-state index is 0.0963. The molecule has 0 aliphatic heterocycles. The van der Waals surface area contributed by atoms with Gasteiger partial charge in [0.15, 0.2) is 0 Å². The van der Waals surface area contributed by atoms with E-state index in [2.05, 4.69) is 22.9 Å². The average Bonchev–Trinajstić information content (AvgIpc) is 1.88. The van der Waals surface area contributed by atoms with Crippen LogP contribution < -0.4 is 0 Å². The number of hydrogen-bond acceptors (Lipinski definition) is 1. The van der Waals surface area contributed by atoms with Gasteiger partial charge in [-0.05, 0) is 13.3 Å². The van der Waals surface area contributed by atoms with Crippen LogP contribution in [0.25, 0.3) is 0 Å². The summed E-state index contributed by atoms with van der Waals surface area (Å²) in [5.41, 5.74) is 0. The molecule has 0 saturated heterocycles. The van der Waals surface area contributed by atoms with Gasteiger partial charge in [0, 0.05) is 0 Å². The molecule has 1 nitrogen and oxygen atoms in total.